The van der Waals surface area contributed by atoms with Crippen molar-refractivity contribution >= 4 is 11.3 Å². The van der Waals surface area contributed by atoms with Gasteiger partial charge in [0.2, 0.25) is 0 Å². The molecule has 1 heteroatoms. The number of unbranched alkanes of at least 4 members (excludes halogenated alkanes) is 2. The van der Waals surface area contributed by atoms with Crippen LogP contribution in [0, 0.1) is 23.7 Å². The van der Waals surface area contributed by atoms with Gasteiger partial charge in [-0.1, -0.05) is 37.0 Å². The molecule has 0 spiro atoms. The van der Waals surface area contributed by atoms with Crippen LogP contribution in [0.3, 0.4) is 0 Å². The van der Waals surface area contributed by atoms with Gasteiger partial charge in [-0.2, -0.15) is 11.3 Å². The standard InChI is InChI=1S/C14H14S/c1-2-3-4-5-6-7-8-9-10-14-11-12-15-13-14/h7-8,11-13H,2-4H2,1H3. The second-order valence-electron chi connectivity index (χ2n) is 3.04. The summed E-state index contributed by atoms with van der Waals surface area (Å²) in [5.74, 6) is 12.0. The van der Waals surface area contributed by atoms with Crippen LogP contribution < -0.4 is 0 Å². The molecule has 0 saturated heterocycles. The van der Waals surface area contributed by atoms with Gasteiger partial charge >= 0.3 is 0 Å². The zero-order valence-electron chi connectivity index (χ0n) is 8.92. The first-order valence-corrected chi connectivity index (χ1v) is 6.05. The summed E-state index contributed by atoms with van der Waals surface area (Å²) in [6.07, 6.45) is 6.99. The van der Waals surface area contributed by atoms with Crippen LogP contribution in [-0.2, 0) is 0 Å². The predicted molar refractivity (Wildman–Crippen MR) is 67.6 cm³/mol. The number of hydrogen-bond donors (Lipinski definition) is 0. The quantitative estimate of drug-likeness (QED) is 0.518. The van der Waals surface area contributed by atoms with Crippen molar-refractivity contribution in [2.24, 2.45) is 0 Å². The van der Waals surface area contributed by atoms with E-state index in [0.717, 1.165) is 12.0 Å². The lowest BCUT2D eigenvalue weighted by Gasteiger charge is -1.81. The van der Waals surface area contributed by atoms with Crippen molar-refractivity contribution < 1.29 is 0 Å². The maximum Gasteiger partial charge on any atom is 0.0355 e. The summed E-state index contributed by atoms with van der Waals surface area (Å²) < 4.78 is 0. The molecule has 0 N–H and O–H groups in total. The summed E-state index contributed by atoms with van der Waals surface area (Å²) in [7, 11) is 0. The zero-order chi connectivity index (χ0) is 10.8. The number of hydrogen-bond acceptors (Lipinski definition) is 1. The van der Waals surface area contributed by atoms with Crippen molar-refractivity contribution in [3.8, 4) is 23.7 Å². The molecule has 1 heterocycles. The Balaban J connectivity index is 2.29. The Labute approximate surface area is 96.0 Å². The average molecular weight is 214 g/mol. The molecule has 1 aromatic rings. The van der Waals surface area contributed by atoms with Crippen LogP contribution in [0.1, 0.15) is 31.7 Å². The SMILES string of the molecule is CCCCC#CC=CC#Cc1ccsc1. The van der Waals surface area contributed by atoms with Crippen molar-refractivity contribution in [1.82, 2.24) is 0 Å². The first-order chi connectivity index (χ1) is 7.43. The van der Waals surface area contributed by atoms with Crippen LogP contribution in [0.2, 0.25) is 0 Å². The monoisotopic (exact) mass is 214 g/mol. The van der Waals surface area contributed by atoms with E-state index in [4.69, 9.17) is 0 Å². The van der Waals surface area contributed by atoms with Crippen LogP contribution in [0.4, 0.5) is 0 Å². The largest absolute Gasteiger partial charge is 0.151 e. The molecule has 0 fully saturated rings. The maximum absolute atomic E-state index is 3.08. The van der Waals surface area contributed by atoms with Gasteiger partial charge < -0.3 is 0 Å². The van der Waals surface area contributed by atoms with Gasteiger partial charge in [0, 0.05) is 17.4 Å². The molecule has 0 bridgehead atoms. The Hall–Kier alpha value is -1.44. The van der Waals surface area contributed by atoms with Crippen molar-refractivity contribution in [3.63, 3.8) is 0 Å². The molecule has 0 aromatic carbocycles. The Morgan fingerprint density at radius 1 is 1.33 bits per heavy atom. The lowest BCUT2D eigenvalue weighted by Crippen LogP contribution is -1.65. The Kier molecular flexibility index (Phi) is 6.14. The number of rotatable bonds is 2. The topological polar surface area (TPSA) is 0 Å². The molecular formula is C14H14S. The molecule has 0 aliphatic heterocycles. The molecule has 0 nitrogen and oxygen atoms in total. The van der Waals surface area contributed by atoms with Gasteiger partial charge in [-0.15, -0.1) is 0 Å². The molecule has 0 atom stereocenters. The molecule has 0 aliphatic rings. The Morgan fingerprint density at radius 3 is 2.93 bits per heavy atom. The highest BCUT2D eigenvalue weighted by atomic mass is 32.1. The minimum atomic E-state index is 0.985. The molecule has 15 heavy (non-hydrogen) atoms. The highest BCUT2D eigenvalue weighted by molar-refractivity contribution is 7.08. The van der Waals surface area contributed by atoms with E-state index in [2.05, 4.69) is 30.6 Å². The van der Waals surface area contributed by atoms with E-state index in [9.17, 15) is 0 Å². The van der Waals surface area contributed by atoms with E-state index in [1.54, 1.807) is 17.4 Å². The first kappa shape index (κ1) is 11.6. The molecule has 0 radical (unpaired) electrons. The van der Waals surface area contributed by atoms with Crippen molar-refractivity contribution in [2.75, 3.05) is 0 Å². The molecule has 0 amide bonds. The van der Waals surface area contributed by atoms with Gasteiger partial charge in [0.1, 0.15) is 0 Å². The molecular weight excluding hydrogens is 200 g/mol. The second kappa shape index (κ2) is 7.92. The summed E-state index contributed by atoms with van der Waals surface area (Å²) in [6.45, 7) is 2.17. The van der Waals surface area contributed by atoms with Gasteiger partial charge in [0.05, 0.1) is 0 Å². The van der Waals surface area contributed by atoms with Gasteiger partial charge in [-0.05, 0) is 30.0 Å². The van der Waals surface area contributed by atoms with Crippen LogP contribution in [0.5, 0.6) is 0 Å². The average Bonchev–Trinajstić information content (AvgIpc) is 2.75. The smallest absolute Gasteiger partial charge is 0.0355 e. The van der Waals surface area contributed by atoms with Gasteiger partial charge in [0.25, 0.3) is 0 Å². The van der Waals surface area contributed by atoms with E-state index in [1.165, 1.54) is 12.8 Å². The maximum atomic E-state index is 3.08. The van der Waals surface area contributed by atoms with Gasteiger partial charge in [0.15, 0.2) is 0 Å². The van der Waals surface area contributed by atoms with E-state index in [1.807, 2.05) is 22.9 Å². The van der Waals surface area contributed by atoms with Crippen LogP contribution in [0.15, 0.2) is 29.0 Å². The number of thiophene rings is 1. The summed E-state index contributed by atoms with van der Waals surface area (Å²) in [5.41, 5.74) is 1.07. The molecule has 0 unspecified atom stereocenters. The molecule has 0 aliphatic carbocycles. The third-order valence-electron chi connectivity index (χ3n) is 1.75. The summed E-state index contributed by atoms with van der Waals surface area (Å²) in [6, 6.07) is 2.01. The summed E-state index contributed by atoms with van der Waals surface area (Å²) in [5, 5.41) is 4.06. The highest BCUT2D eigenvalue weighted by Gasteiger charge is 1.81. The molecule has 1 rings (SSSR count). The zero-order valence-corrected chi connectivity index (χ0v) is 9.73. The van der Waals surface area contributed by atoms with E-state index < -0.39 is 0 Å². The minimum absolute atomic E-state index is 0.985. The highest BCUT2D eigenvalue weighted by Crippen LogP contribution is 2.02. The van der Waals surface area contributed by atoms with Crippen molar-refractivity contribution in [2.45, 2.75) is 26.2 Å². The fourth-order valence-electron chi connectivity index (χ4n) is 0.940. The van der Waals surface area contributed by atoms with Crippen LogP contribution in [0.25, 0.3) is 0 Å². The summed E-state index contributed by atoms with van der Waals surface area (Å²) >= 11 is 1.66. The van der Waals surface area contributed by atoms with Gasteiger partial charge in [-0.3, -0.25) is 0 Å². The van der Waals surface area contributed by atoms with Crippen molar-refractivity contribution in [1.29, 1.82) is 0 Å². The lowest BCUT2D eigenvalue weighted by atomic mass is 10.2. The second-order valence-corrected chi connectivity index (χ2v) is 3.82. The molecule has 0 saturated carbocycles. The minimum Gasteiger partial charge on any atom is -0.151 e. The van der Waals surface area contributed by atoms with E-state index in [-0.39, 0.29) is 0 Å². The van der Waals surface area contributed by atoms with Crippen LogP contribution in [-0.4, -0.2) is 0 Å². The summed E-state index contributed by atoms with van der Waals surface area (Å²) in [4.78, 5) is 0. The normalized spacial score (nSPS) is 9.13. The lowest BCUT2D eigenvalue weighted by molar-refractivity contribution is 0.828. The Morgan fingerprint density at radius 2 is 2.20 bits per heavy atom. The fourth-order valence-corrected chi connectivity index (χ4v) is 1.53. The van der Waals surface area contributed by atoms with Gasteiger partial charge in [-0.25, -0.2) is 0 Å². The number of allylic oxidation sites excluding steroid dienone is 2. The molecule has 76 valence electrons. The first-order valence-electron chi connectivity index (χ1n) is 5.10. The Bertz CT molecular complexity index is 402. The fraction of sp³-hybridized carbons (Fsp3) is 0.286. The van der Waals surface area contributed by atoms with E-state index in [0.29, 0.717) is 0 Å². The third kappa shape index (κ3) is 5.78. The van der Waals surface area contributed by atoms with E-state index >= 15 is 0 Å². The van der Waals surface area contributed by atoms with Crippen LogP contribution >= 0.6 is 11.3 Å². The van der Waals surface area contributed by atoms with Crippen molar-refractivity contribution in [3.05, 3.63) is 34.5 Å². The molecule has 1 aromatic heterocycles. The third-order valence-corrected chi connectivity index (χ3v) is 2.43. The predicted octanol–water partition coefficient (Wildman–Crippen LogP) is 3.85.